The molecule has 0 bridgehead atoms. The van der Waals surface area contributed by atoms with Gasteiger partial charge in [0, 0.05) is 19.5 Å². The van der Waals surface area contributed by atoms with Gasteiger partial charge in [-0.2, -0.15) is 0 Å². The van der Waals surface area contributed by atoms with Crippen molar-refractivity contribution in [1.82, 2.24) is 14.8 Å². The Morgan fingerprint density at radius 1 is 1.60 bits per heavy atom. The minimum atomic E-state index is -0.800. The second-order valence-corrected chi connectivity index (χ2v) is 3.68. The third kappa shape index (κ3) is 2.08. The van der Waals surface area contributed by atoms with Gasteiger partial charge in [-0.3, -0.25) is 9.36 Å². The van der Waals surface area contributed by atoms with Crippen LogP contribution in [-0.2, 0) is 11.2 Å². The minimum Gasteiger partial charge on any atom is -0.481 e. The predicted octanol–water partition coefficient (Wildman–Crippen LogP) is 0.672. The Kier molecular flexibility index (Phi) is 2.57. The van der Waals surface area contributed by atoms with Crippen LogP contribution >= 0.6 is 0 Å². The van der Waals surface area contributed by atoms with E-state index in [0.29, 0.717) is 12.5 Å². The molecule has 15 heavy (non-hydrogen) atoms. The molecule has 0 spiro atoms. The summed E-state index contributed by atoms with van der Waals surface area (Å²) in [7, 11) is 1.80. The molecule has 0 aromatic carbocycles. The van der Waals surface area contributed by atoms with E-state index in [9.17, 15) is 4.79 Å². The minimum absolute atomic E-state index is 0.106. The molecular weight excluding hydrogens is 196 g/mol. The van der Waals surface area contributed by atoms with Crippen LogP contribution in [0.2, 0.25) is 0 Å². The first kappa shape index (κ1) is 9.95. The van der Waals surface area contributed by atoms with E-state index in [-0.39, 0.29) is 6.42 Å². The van der Waals surface area contributed by atoms with Gasteiger partial charge in [0.1, 0.15) is 5.82 Å². The van der Waals surface area contributed by atoms with Gasteiger partial charge in [-0.15, -0.1) is 10.2 Å². The molecule has 2 rings (SSSR count). The van der Waals surface area contributed by atoms with E-state index >= 15 is 0 Å². The summed E-state index contributed by atoms with van der Waals surface area (Å²) in [6.45, 7) is 0. The molecular formula is C9H14N4O2. The second-order valence-electron chi connectivity index (χ2n) is 3.68. The lowest BCUT2D eigenvalue weighted by atomic mass is 10.3. The normalized spacial score (nSPS) is 15.3. The molecule has 1 aromatic heterocycles. The molecule has 0 unspecified atom stereocenters. The van der Waals surface area contributed by atoms with Crippen LogP contribution in [0.4, 0.5) is 5.95 Å². The molecule has 1 aromatic rings. The lowest BCUT2D eigenvalue weighted by Gasteiger charge is -2.06. The summed E-state index contributed by atoms with van der Waals surface area (Å²) in [4.78, 5) is 10.5. The fourth-order valence-electron chi connectivity index (χ4n) is 1.60. The number of carbonyl (C=O) groups is 1. The van der Waals surface area contributed by atoms with E-state index in [1.807, 2.05) is 4.57 Å². The van der Waals surface area contributed by atoms with E-state index in [1.54, 1.807) is 7.05 Å². The number of aromatic nitrogens is 3. The summed E-state index contributed by atoms with van der Waals surface area (Å²) < 4.78 is 2.02. The molecule has 1 saturated carbocycles. The first-order valence-electron chi connectivity index (χ1n) is 5.05. The summed E-state index contributed by atoms with van der Waals surface area (Å²) in [6.07, 6.45) is 2.81. The van der Waals surface area contributed by atoms with Gasteiger partial charge in [0.15, 0.2) is 0 Å². The molecule has 1 heterocycles. The number of carboxylic acids is 1. The van der Waals surface area contributed by atoms with E-state index in [4.69, 9.17) is 5.11 Å². The number of nitrogens with zero attached hydrogens (tertiary/aromatic N) is 3. The Morgan fingerprint density at radius 3 is 2.87 bits per heavy atom. The number of carboxylic acid groups (broad SMARTS) is 1. The molecule has 82 valence electrons. The summed E-state index contributed by atoms with van der Waals surface area (Å²) in [5, 5.41) is 19.6. The van der Waals surface area contributed by atoms with E-state index in [1.165, 1.54) is 0 Å². The Hall–Kier alpha value is -1.59. The molecule has 6 heteroatoms. The van der Waals surface area contributed by atoms with Crippen LogP contribution in [0, 0.1) is 0 Å². The van der Waals surface area contributed by atoms with Crippen LogP contribution in [0.3, 0.4) is 0 Å². The SMILES string of the molecule is CNc1nnc(CCC(=O)O)n1C1CC1. The summed E-state index contributed by atoms with van der Waals surface area (Å²) in [5.74, 6) is 0.702. The van der Waals surface area contributed by atoms with Gasteiger partial charge in [0.25, 0.3) is 0 Å². The fraction of sp³-hybridized carbons (Fsp3) is 0.667. The average molecular weight is 210 g/mol. The van der Waals surface area contributed by atoms with Crippen molar-refractivity contribution >= 4 is 11.9 Å². The molecule has 6 nitrogen and oxygen atoms in total. The van der Waals surface area contributed by atoms with Crippen LogP contribution in [0.15, 0.2) is 0 Å². The van der Waals surface area contributed by atoms with Crippen molar-refractivity contribution in [2.24, 2.45) is 0 Å². The zero-order valence-electron chi connectivity index (χ0n) is 8.60. The summed E-state index contributed by atoms with van der Waals surface area (Å²) in [6, 6.07) is 0.464. The monoisotopic (exact) mass is 210 g/mol. The molecule has 0 aliphatic heterocycles. The molecule has 0 radical (unpaired) electrons. The number of aliphatic carboxylic acids is 1. The van der Waals surface area contributed by atoms with Crippen molar-refractivity contribution < 1.29 is 9.90 Å². The molecule has 2 N–H and O–H groups in total. The first-order valence-corrected chi connectivity index (χ1v) is 5.05. The molecule has 0 saturated heterocycles. The van der Waals surface area contributed by atoms with Crippen LogP contribution in [0.5, 0.6) is 0 Å². The Balaban J connectivity index is 2.15. The average Bonchev–Trinajstić information content (AvgIpc) is 2.96. The fourth-order valence-corrected chi connectivity index (χ4v) is 1.60. The number of hydrogen-bond donors (Lipinski definition) is 2. The van der Waals surface area contributed by atoms with Crippen LogP contribution in [0.1, 0.15) is 31.1 Å². The third-order valence-electron chi connectivity index (χ3n) is 2.46. The number of hydrogen-bond acceptors (Lipinski definition) is 4. The van der Waals surface area contributed by atoms with Crippen molar-refractivity contribution in [3.05, 3.63) is 5.82 Å². The number of aryl methyl sites for hydroxylation is 1. The Bertz CT molecular complexity index is 370. The van der Waals surface area contributed by atoms with E-state index < -0.39 is 5.97 Å². The molecule has 1 fully saturated rings. The van der Waals surface area contributed by atoms with Crippen LogP contribution in [-0.4, -0.2) is 32.9 Å². The van der Waals surface area contributed by atoms with Gasteiger partial charge in [-0.05, 0) is 12.8 Å². The maximum absolute atomic E-state index is 10.5. The van der Waals surface area contributed by atoms with Gasteiger partial charge in [-0.25, -0.2) is 0 Å². The number of anilines is 1. The van der Waals surface area contributed by atoms with E-state index in [2.05, 4.69) is 15.5 Å². The van der Waals surface area contributed by atoms with Gasteiger partial charge in [0.05, 0.1) is 6.42 Å². The van der Waals surface area contributed by atoms with E-state index in [0.717, 1.165) is 24.6 Å². The zero-order valence-corrected chi connectivity index (χ0v) is 8.60. The number of nitrogens with one attached hydrogen (secondary N) is 1. The maximum atomic E-state index is 10.5. The highest BCUT2D eigenvalue weighted by Gasteiger charge is 2.29. The summed E-state index contributed by atoms with van der Waals surface area (Å²) in [5.41, 5.74) is 0. The first-order chi connectivity index (χ1) is 7.22. The quantitative estimate of drug-likeness (QED) is 0.746. The van der Waals surface area contributed by atoms with Gasteiger partial charge < -0.3 is 10.4 Å². The lowest BCUT2D eigenvalue weighted by molar-refractivity contribution is -0.137. The predicted molar refractivity (Wildman–Crippen MR) is 53.8 cm³/mol. The van der Waals surface area contributed by atoms with Crippen LogP contribution in [0.25, 0.3) is 0 Å². The third-order valence-corrected chi connectivity index (χ3v) is 2.46. The van der Waals surface area contributed by atoms with Gasteiger partial charge >= 0.3 is 5.97 Å². The van der Waals surface area contributed by atoms with Crippen molar-refractivity contribution in [2.45, 2.75) is 31.7 Å². The van der Waals surface area contributed by atoms with Gasteiger partial charge in [0.2, 0.25) is 5.95 Å². The van der Waals surface area contributed by atoms with Crippen molar-refractivity contribution in [1.29, 1.82) is 0 Å². The second kappa shape index (κ2) is 3.88. The van der Waals surface area contributed by atoms with Crippen molar-refractivity contribution in [2.75, 3.05) is 12.4 Å². The molecule has 0 amide bonds. The lowest BCUT2D eigenvalue weighted by Crippen LogP contribution is -2.07. The Morgan fingerprint density at radius 2 is 2.33 bits per heavy atom. The van der Waals surface area contributed by atoms with Crippen molar-refractivity contribution in [3.63, 3.8) is 0 Å². The summed E-state index contributed by atoms with van der Waals surface area (Å²) >= 11 is 0. The smallest absolute Gasteiger partial charge is 0.303 e. The maximum Gasteiger partial charge on any atom is 0.303 e. The largest absolute Gasteiger partial charge is 0.481 e. The molecule has 0 atom stereocenters. The van der Waals surface area contributed by atoms with Crippen LogP contribution < -0.4 is 5.32 Å². The standard InChI is InChI=1S/C9H14N4O2/c1-10-9-12-11-7(4-5-8(14)15)13(9)6-2-3-6/h6H,2-5H2,1H3,(H,10,12)(H,14,15). The molecule has 1 aliphatic rings. The highest BCUT2D eigenvalue weighted by atomic mass is 16.4. The number of rotatable bonds is 5. The molecule has 1 aliphatic carbocycles. The van der Waals surface area contributed by atoms with Gasteiger partial charge in [-0.1, -0.05) is 0 Å². The topological polar surface area (TPSA) is 80.0 Å². The highest BCUT2D eigenvalue weighted by molar-refractivity contribution is 5.66. The Labute approximate surface area is 87.3 Å². The van der Waals surface area contributed by atoms with Crippen molar-refractivity contribution in [3.8, 4) is 0 Å². The highest BCUT2D eigenvalue weighted by Crippen LogP contribution is 2.37. The zero-order chi connectivity index (χ0) is 10.8.